The lowest BCUT2D eigenvalue weighted by Crippen LogP contribution is -2.46. The van der Waals surface area contributed by atoms with Crippen LogP contribution in [0.5, 0.6) is 11.5 Å². The molecule has 2 aliphatic rings. The van der Waals surface area contributed by atoms with Crippen molar-refractivity contribution >= 4 is 11.8 Å². The molecule has 0 bridgehead atoms. The number of ether oxygens (including phenoxy) is 3. The van der Waals surface area contributed by atoms with Gasteiger partial charge >= 0.3 is 18.4 Å². The Kier molecular flexibility index (Phi) is 9.42. The van der Waals surface area contributed by atoms with Gasteiger partial charge in [-0.3, -0.25) is 4.90 Å². The van der Waals surface area contributed by atoms with Crippen molar-refractivity contribution in [1.82, 2.24) is 4.90 Å². The van der Waals surface area contributed by atoms with Gasteiger partial charge in [0.1, 0.15) is 0 Å². The summed E-state index contributed by atoms with van der Waals surface area (Å²) in [5.74, 6) is 1.33. The second-order valence-corrected chi connectivity index (χ2v) is 11.0. The molecular weight excluding hydrogens is 566 g/mol. The van der Waals surface area contributed by atoms with Crippen LogP contribution in [0.2, 0.25) is 0 Å². The number of hydrogen-bond donors (Lipinski definition) is 0. The molecule has 1 heterocycles. The van der Waals surface area contributed by atoms with Gasteiger partial charge in [0.25, 0.3) is 0 Å². The lowest BCUT2D eigenvalue weighted by molar-refractivity contribution is -0.143. The van der Waals surface area contributed by atoms with Crippen molar-refractivity contribution in [3.63, 3.8) is 0 Å². The average molecular weight is 603 g/mol. The van der Waals surface area contributed by atoms with Gasteiger partial charge in [-0.2, -0.15) is 26.3 Å². The molecule has 1 aliphatic carbocycles. The molecule has 6 nitrogen and oxygen atoms in total. The average Bonchev–Trinajstić information content (AvgIpc) is 2.95. The third-order valence-electron chi connectivity index (χ3n) is 8.26. The number of rotatable bonds is 7. The summed E-state index contributed by atoms with van der Waals surface area (Å²) in [7, 11) is 4.09. The van der Waals surface area contributed by atoms with Gasteiger partial charge in [0.15, 0.2) is 11.5 Å². The molecule has 232 valence electrons. The number of anilines is 1. The largest absolute Gasteiger partial charge is 0.493 e. The summed E-state index contributed by atoms with van der Waals surface area (Å²) < 4.78 is 97.6. The van der Waals surface area contributed by atoms with E-state index in [0.29, 0.717) is 41.5 Å². The fraction of sp³-hybridized carbons (Fsp3) is 0.567. The molecule has 2 aromatic rings. The number of methoxy groups -OCH3 is 3. The highest BCUT2D eigenvalue weighted by atomic mass is 19.4. The van der Waals surface area contributed by atoms with Crippen molar-refractivity contribution in [2.45, 2.75) is 76.4 Å². The first-order valence-corrected chi connectivity index (χ1v) is 13.9. The maximum Gasteiger partial charge on any atom is 0.416 e. The number of nitrogens with zero attached hydrogens (tertiary/aromatic N) is 2. The van der Waals surface area contributed by atoms with Gasteiger partial charge in [-0.25, -0.2) is 4.79 Å². The van der Waals surface area contributed by atoms with Crippen LogP contribution in [0.25, 0.3) is 0 Å². The standard InChI is InChI=1S/C30H36F6N2O4/c1-18-10-24(23-14-26(40-2)27(41-3)15-25(23)37(18)16-19-8-6-5-7-9-19)38(28(39)42-4)17-20-11-21(29(31,32)33)13-22(12-20)30(34,35)36/h11-15,18-19,24H,5-10,16-17H2,1-4H3/t18-,24+/m0/s1. The van der Waals surface area contributed by atoms with E-state index >= 15 is 0 Å². The molecular formula is C30H36F6N2O4. The van der Waals surface area contributed by atoms with E-state index < -0.39 is 42.2 Å². The predicted molar refractivity (Wildman–Crippen MR) is 145 cm³/mol. The van der Waals surface area contributed by atoms with Crippen molar-refractivity contribution in [2.24, 2.45) is 5.92 Å². The number of carbonyl (C=O) groups is 1. The Balaban J connectivity index is 1.81. The number of carbonyl (C=O) groups excluding carboxylic acids is 1. The van der Waals surface area contributed by atoms with Gasteiger partial charge in [-0.1, -0.05) is 19.3 Å². The molecule has 0 saturated heterocycles. The van der Waals surface area contributed by atoms with E-state index in [-0.39, 0.29) is 17.7 Å². The highest BCUT2D eigenvalue weighted by Gasteiger charge is 2.40. The molecule has 1 saturated carbocycles. The van der Waals surface area contributed by atoms with Crippen LogP contribution in [0.15, 0.2) is 30.3 Å². The van der Waals surface area contributed by atoms with E-state index in [4.69, 9.17) is 14.2 Å². The summed E-state index contributed by atoms with van der Waals surface area (Å²) in [6.45, 7) is 2.24. The van der Waals surface area contributed by atoms with Crippen LogP contribution in [-0.2, 0) is 23.6 Å². The summed E-state index contributed by atoms with van der Waals surface area (Å²) in [4.78, 5) is 16.6. The lowest BCUT2D eigenvalue weighted by Gasteiger charge is -2.46. The van der Waals surface area contributed by atoms with E-state index in [0.717, 1.165) is 45.0 Å². The van der Waals surface area contributed by atoms with E-state index in [9.17, 15) is 31.1 Å². The van der Waals surface area contributed by atoms with Crippen LogP contribution < -0.4 is 14.4 Å². The van der Waals surface area contributed by atoms with E-state index in [1.54, 1.807) is 6.07 Å². The van der Waals surface area contributed by atoms with Crippen LogP contribution in [0, 0.1) is 5.92 Å². The van der Waals surface area contributed by atoms with Crippen LogP contribution in [0.4, 0.5) is 36.8 Å². The fourth-order valence-corrected chi connectivity index (χ4v) is 6.16. The first kappa shape index (κ1) is 31.6. The Morgan fingerprint density at radius 1 is 0.881 bits per heavy atom. The van der Waals surface area contributed by atoms with Gasteiger partial charge in [-0.05, 0) is 61.9 Å². The van der Waals surface area contributed by atoms with E-state index in [1.807, 2.05) is 13.0 Å². The minimum atomic E-state index is -5.01. The number of hydrogen-bond acceptors (Lipinski definition) is 5. The first-order valence-electron chi connectivity index (χ1n) is 13.9. The number of amides is 1. The number of alkyl halides is 6. The molecule has 0 N–H and O–H groups in total. The number of fused-ring (bicyclic) bond motifs is 1. The molecule has 12 heteroatoms. The summed E-state index contributed by atoms with van der Waals surface area (Å²) in [6.07, 6.45) is -4.82. The third-order valence-corrected chi connectivity index (χ3v) is 8.26. The Labute approximate surface area is 241 Å². The monoisotopic (exact) mass is 602 g/mol. The van der Waals surface area contributed by atoms with Crippen molar-refractivity contribution < 1.29 is 45.3 Å². The second-order valence-electron chi connectivity index (χ2n) is 11.0. The molecule has 2 aromatic carbocycles. The Bertz CT molecular complexity index is 1230. The SMILES string of the molecule is COC(=O)N(Cc1cc(C(F)(F)F)cc(C(F)(F)F)c1)[C@@H]1C[C@H](C)N(CC2CCCCC2)c2cc(OC)c(OC)cc21. The zero-order valence-corrected chi connectivity index (χ0v) is 24.1. The molecule has 1 aliphatic heterocycles. The van der Waals surface area contributed by atoms with E-state index in [1.165, 1.54) is 25.5 Å². The van der Waals surface area contributed by atoms with Crippen LogP contribution in [-0.4, -0.2) is 44.9 Å². The maximum atomic E-state index is 13.6. The molecule has 0 spiro atoms. The minimum Gasteiger partial charge on any atom is -0.493 e. The molecule has 42 heavy (non-hydrogen) atoms. The fourth-order valence-electron chi connectivity index (χ4n) is 6.16. The molecule has 2 atom stereocenters. The summed E-state index contributed by atoms with van der Waals surface area (Å²) in [5, 5.41) is 0. The molecule has 0 aromatic heterocycles. The quantitative estimate of drug-likeness (QED) is 0.299. The number of benzene rings is 2. The van der Waals surface area contributed by atoms with Gasteiger partial charge in [0.05, 0.1) is 38.5 Å². The zero-order chi connectivity index (χ0) is 30.8. The molecule has 0 radical (unpaired) electrons. The molecule has 1 amide bonds. The molecule has 4 rings (SSSR count). The van der Waals surface area contributed by atoms with Gasteiger partial charge in [-0.15, -0.1) is 0 Å². The van der Waals surface area contributed by atoms with Crippen molar-refractivity contribution in [1.29, 1.82) is 0 Å². The Hall–Kier alpha value is -3.31. The highest BCUT2D eigenvalue weighted by Crippen LogP contribution is 2.47. The second kappa shape index (κ2) is 12.5. The highest BCUT2D eigenvalue weighted by molar-refractivity contribution is 5.71. The molecule has 0 unspecified atom stereocenters. The van der Waals surface area contributed by atoms with Gasteiger partial charge in [0.2, 0.25) is 0 Å². The molecule has 1 fully saturated rings. The topological polar surface area (TPSA) is 51.2 Å². The predicted octanol–water partition coefficient (Wildman–Crippen LogP) is 8.23. The van der Waals surface area contributed by atoms with Crippen LogP contribution >= 0.6 is 0 Å². The van der Waals surface area contributed by atoms with Crippen molar-refractivity contribution in [3.05, 3.63) is 52.6 Å². The summed E-state index contributed by atoms with van der Waals surface area (Å²) >= 11 is 0. The normalized spacial score (nSPS) is 19.7. The smallest absolute Gasteiger partial charge is 0.416 e. The third kappa shape index (κ3) is 6.83. The van der Waals surface area contributed by atoms with Gasteiger partial charge in [0, 0.05) is 36.4 Å². The minimum absolute atomic E-state index is 0.0737. The lowest BCUT2D eigenvalue weighted by atomic mass is 9.85. The maximum absolute atomic E-state index is 13.6. The summed E-state index contributed by atoms with van der Waals surface area (Å²) in [5.41, 5.74) is -1.79. The van der Waals surface area contributed by atoms with Crippen molar-refractivity contribution in [2.75, 3.05) is 32.8 Å². The Morgan fingerprint density at radius 3 is 1.98 bits per heavy atom. The number of halogens is 6. The van der Waals surface area contributed by atoms with Crippen LogP contribution in [0.1, 0.15) is 73.7 Å². The van der Waals surface area contributed by atoms with Crippen LogP contribution in [0.3, 0.4) is 0 Å². The van der Waals surface area contributed by atoms with Gasteiger partial charge < -0.3 is 19.1 Å². The summed E-state index contributed by atoms with van der Waals surface area (Å²) in [6, 6.07) is 4.06. The van der Waals surface area contributed by atoms with E-state index in [2.05, 4.69) is 4.90 Å². The Morgan fingerprint density at radius 2 is 1.45 bits per heavy atom. The zero-order valence-electron chi connectivity index (χ0n) is 24.1. The first-order chi connectivity index (χ1) is 19.8. The van der Waals surface area contributed by atoms with Crippen molar-refractivity contribution in [3.8, 4) is 11.5 Å².